The monoisotopic (exact) mass is 221 g/mol. The molecule has 1 aliphatic carbocycles. The summed E-state index contributed by atoms with van der Waals surface area (Å²) in [6.45, 7) is 4.33. The fourth-order valence-corrected chi connectivity index (χ4v) is 2.28. The van der Waals surface area contributed by atoms with Crippen LogP contribution in [0.1, 0.15) is 44.7 Å². The summed E-state index contributed by atoms with van der Waals surface area (Å²) >= 11 is 0. The van der Waals surface area contributed by atoms with E-state index in [0.717, 1.165) is 17.9 Å². The summed E-state index contributed by atoms with van der Waals surface area (Å²) < 4.78 is 13.1. The normalized spacial score (nSPS) is 19.4. The maximum Gasteiger partial charge on any atom is 0.123 e. The highest BCUT2D eigenvalue weighted by molar-refractivity contribution is 5.19. The van der Waals surface area contributed by atoms with Gasteiger partial charge in [0.2, 0.25) is 0 Å². The fourth-order valence-electron chi connectivity index (χ4n) is 2.28. The van der Waals surface area contributed by atoms with Gasteiger partial charge in [-0.05, 0) is 49.8 Å². The molecule has 2 atom stereocenters. The van der Waals surface area contributed by atoms with Crippen LogP contribution in [0, 0.1) is 11.7 Å². The first kappa shape index (κ1) is 11.6. The first-order valence-corrected chi connectivity index (χ1v) is 6.22. The van der Waals surface area contributed by atoms with Crippen LogP contribution in [0.3, 0.4) is 0 Å². The van der Waals surface area contributed by atoms with E-state index in [1.807, 2.05) is 6.07 Å². The van der Waals surface area contributed by atoms with Crippen molar-refractivity contribution < 1.29 is 4.39 Å². The van der Waals surface area contributed by atoms with Crippen molar-refractivity contribution in [3.8, 4) is 0 Å². The molecule has 0 saturated heterocycles. The quantitative estimate of drug-likeness (QED) is 0.800. The molecule has 1 N–H and O–H groups in total. The topological polar surface area (TPSA) is 12.0 Å². The molecule has 1 aromatic rings. The van der Waals surface area contributed by atoms with Crippen LogP contribution >= 0.6 is 0 Å². The molecule has 0 aliphatic heterocycles. The lowest BCUT2D eigenvalue weighted by Gasteiger charge is -2.22. The van der Waals surface area contributed by atoms with Crippen molar-refractivity contribution in [3.63, 3.8) is 0 Å². The first-order chi connectivity index (χ1) is 7.70. The van der Waals surface area contributed by atoms with Crippen molar-refractivity contribution >= 4 is 0 Å². The Bertz CT molecular complexity index is 346. The lowest BCUT2D eigenvalue weighted by molar-refractivity contribution is 0.404. The van der Waals surface area contributed by atoms with Crippen molar-refractivity contribution in [1.29, 1.82) is 0 Å². The van der Waals surface area contributed by atoms with Gasteiger partial charge in [-0.1, -0.05) is 19.1 Å². The average Bonchev–Trinajstić information content (AvgIpc) is 3.09. The van der Waals surface area contributed by atoms with Gasteiger partial charge in [0.15, 0.2) is 0 Å². The molecule has 1 aliphatic rings. The Morgan fingerprint density at radius 2 is 2.19 bits per heavy atom. The summed E-state index contributed by atoms with van der Waals surface area (Å²) in [6, 6.07) is 7.71. The third-order valence-corrected chi connectivity index (χ3v) is 3.44. The van der Waals surface area contributed by atoms with Crippen molar-refractivity contribution in [2.24, 2.45) is 5.92 Å². The highest BCUT2D eigenvalue weighted by Gasteiger charge is 2.30. The summed E-state index contributed by atoms with van der Waals surface area (Å²) in [7, 11) is 0. The van der Waals surface area contributed by atoms with Crippen molar-refractivity contribution in [1.82, 2.24) is 5.32 Å². The zero-order chi connectivity index (χ0) is 11.5. The van der Waals surface area contributed by atoms with Gasteiger partial charge in [-0.25, -0.2) is 4.39 Å². The second kappa shape index (κ2) is 4.96. The van der Waals surface area contributed by atoms with E-state index in [2.05, 4.69) is 19.2 Å². The number of halogens is 1. The van der Waals surface area contributed by atoms with Crippen LogP contribution in [0.2, 0.25) is 0 Å². The van der Waals surface area contributed by atoms with Gasteiger partial charge in [0.25, 0.3) is 0 Å². The van der Waals surface area contributed by atoms with Gasteiger partial charge < -0.3 is 5.32 Å². The third-order valence-electron chi connectivity index (χ3n) is 3.44. The number of benzene rings is 1. The van der Waals surface area contributed by atoms with Gasteiger partial charge in [0.1, 0.15) is 5.82 Å². The largest absolute Gasteiger partial charge is 0.307 e. The van der Waals surface area contributed by atoms with E-state index >= 15 is 0 Å². The van der Waals surface area contributed by atoms with E-state index < -0.39 is 0 Å². The van der Waals surface area contributed by atoms with Crippen LogP contribution in [0.4, 0.5) is 4.39 Å². The van der Waals surface area contributed by atoms with Gasteiger partial charge in [-0.15, -0.1) is 0 Å². The van der Waals surface area contributed by atoms with Crippen LogP contribution < -0.4 is 5.32 Å². The molecule has 2 rings (SSSR count). The number of nitrogens with one attached hydrogen (secondary N) is 1. The Kier molecular flexibility index (Phi) is 3.59. The Balaban J connectivity index is 1.98. The molecule has 16 heavy (non-hydrogen) atoms. The highest BCUT2D eigenvalue weighted by Crippen LogP contribution is 2.35. The number of hydrogen-bond acceptors (Lipinski definition) is 1. The van der Waals surface area contributed by atoms with E-state index in [1.54, 1.807) is 12.1 Å². The van der Waals surface area contributed by atoms with E-state index in [4.69, 9.17) is 0 Å². The van der Waals surface area contributed by atoms with Gasteiger partial charge in [-0.2, -0.15) is 0 Å². The molecular formula is C14H20FN. The minimum absolute atomic E-state index is 0.148. The van der Waals surface area contributed by atoms with E-state index in [0.29, 0.717) is 6.04 Å². The molecule has 1 aromatic carbocycles. The molecular weight excluding hydrogens is 201 g/mol. The summed E-state index contributed by atoms with van der Waals surface area (Å²) in [5.74, 6) is 0.701. The Hall–Kier alpha value is -0.890. The van der Waals surface area contributed by atoms with Crippen LogP contribution in [0.5, 0.6) is 0 Å². The predicted molar refractivity (Wildman–Crippen MR) is 64.8 cm³/mol. The molecule has 88 valence electrons. The number of hydrogen-bond donors (Lipinski definition) is 1. The molecule has 2 heteroatoms. The maximum atomic E-state index is 13.1. The highest BCUT2D eigenvalue weighted by atomic mass is 19.1. The molecule has 0 aromatic heterocycles. The molecule has 0 bridgehead atoms. The lowest BCUT2D eigenvalue weighted by Crippen LogP contribution is -2.32. The van der Waals surface area contributed by atoms with Gasteiger partial charge >= 0.3 is 0 Å². The molecule has 0 heterocycles. The molecule has 1 saturated carbocycles. The van der Waals surface area contributed by atoms with Crippen molar-refractivity contribution in [2.45, 2.75) is 45.2 Å². The van der Waals surface area contributed by atoms with E-state index in [1.165, 1.54) is 18.9 Å². The van der Waals surface area contributed by atoms with E-state index in [-0.39, 0.29) is 11.9 Å². The van der Waals surface area contributed by atoms with Crippen LogP contribution in [-0.2, 0) is 0 Å². The molecule has 1 unspecified atom stereocenters. The van der Waals surface area contributed by atoms with Crippen molar-refractivity contribution in [3.05, 3.63) is 35.6 Å². The van der Waals surface area contributed by atoms with Crippen LogP contribution in [0.25, 0.3) is 0 Å². The molecule has 1 fully saturated rings. The predicted octanol–water partition coefficient (Wildman–Crippen LogP) is 3.66. The Morgan fingerprint density at radius 1 is 1.44 bits per heavy atom. The smallest absolute Gasteiger partial charge is 0.123 e. The summed E-state index contributed by atoms with van der Waals surface area (Å²) in [5, 5.41) is 3.61. The van der Waals surface area contributed by atoms with Crippen molar-refractivity contribution in [2.75, 3.05) is 0 Å². The average molecular weight is 221 g/mol. The van der Waals surface area contributed by atoms with E-state index in [9.17, 15) is 4.39 Å². The lowest BCUT2D eigenvalue weighted by atomic mass is 10.0. The Labute approximate surface area is 97.1 Å². The van der Waals surface area contributed by atoms with Gasteiger partial charge in [-0.3, -0.25) is 0 Å². The standard InChI is InChI=1S/C14H20FN/c1-3-14(11-7-8-11)16-10(2)12-5-4-6-13(15)9-12/h4-6,9-11,14,16H,3,7-8H2,1-2H3/t10-,14?/m0/s1. The zero-order valence-corrected chi connectivity index (χ0v) is 10.0. The molecule has 1 nitrogen and oxygen atoms in total. The summed E-state index contributed by atoms with van der Waals surface area (Å²) in [4.78, 5) is 0. The second-order valence-corrected chi connectivity index (χ2v) is 4.80. The third kappa shape index (κ3) is 2.82. The first-order valence-electron chi connectivity index (χ1n) is 6.22. The fraction of sp³-hybridized carbons (Fsp3) is 0.571. The maximum absolute atomic E-state index is 13.1. The Morgan fingerprint density at radius 3 is 2.75 bits per heavy atom. The van der Waals surface area contributed by atoms with Gasteiger partial charge in [0.05, 0.1) is 0 Å². The SMILES string of the molecule is CCC(N[C@@H](C)c1cccc(F)c1)C1CC1. The molecule has 0 spiro atoms. The van der Waals surface area contributed by atoms with Gasteiger partial charge in [0, 0.05) is 12.1 Å². The minimum atomic E-state index is -0.148. The second-order valence-electron chi connectivity index (χ2n) is 4.80. The molecule has 0 amide bonds. The molecule has 0 radical (unpaired) electrons. The number of rotatable bonds is 5. The summed E-state index contributed by atoms with van der Waals surface area (Å²) in [5.41, 5.74) is 1.04. The van der Waals surface area contributed by atoms with Crippen LogP contribution in [-0.4, -0.2) is 6.04 Å². The zero-order valence-electron chi connectivity index (χ0n) is 10.0. The summed E-state index contributed by atoms with van der Waals surface area (Å²) in [6.07, 6.45) is 3.85. The van der Waals surface area contributed by atoms with Crippen LogP contribution in [0.15, 0.2) is 24.3 Å². The minimum Gasteiger partial charge on any atom is -0.307 e.